The number of rotatable bonds is 0. The maximum absolute atomic E-state index is 9.24. The zero-order valence-electron chi connectivity index (χ0n) is 4.59. The first-order valence-corrected chi connectivity index (χ1v) is 1.77. The second-order valence-corrected chi connectivity index (χ2v) is 0.905. The van der Waals surface area contributed by atoms with Gasteiger partial charge in [0.15, 0.2) is 5.96 Å². The van der Waals surface area contributed by atoms with Crippen molar-refractivity contribution in [2.75, 3.05) is 0 Å². The molecule has 0 unspecified atom stereocenters. The summed E-state index contributed by atoms with van der Waals surface area (Å²) in [6.45, 7) is 0. The Hall–Kier alpha value is -1.66. The van der Waals surface area contributed by atoms with Crippen LogP contribution in [-0.2, 0) is 0 Å². The van der Waals surface area contributed by atoms with Crippen LogP contribution in [-0.4, -0.2) is 12.0 Å². The third kappa shape index (κ3) is 1030. The highest BCUT2D eigenvalue weighted by atomic mass is 16.2. The average molecular weight is 132 g/mol. The molecule has 0 fully saturated rings. The van der Waals surface area contributed by atoms with Gasteiger partial charge in [0.05, 0.1) is 0 Å². The van der Waals surface area contributed by atoms with E-state index in [0.29, 0.717) is 0 Å². The standard InChI is InChI=1S/CH3N3O.CH5N3/c2-1(5)4-3;2-1(3)4/h3H,(H2,2,5);(H5,2,3,4). The molecule has 2 amide bonds. The maximum atomic E-state index is 9.24. The van der Waals surface area contributed by atoms with Crippen LogP contribution >= 0.6 is 0 Å². The van der Waals surface area contributed by atoms with E-state index in [1.807, 2.05) is 0 Å². The highest BCUT2D eigenvalue weighted by molar-refractivity contribution is 5.71. The molecular weight excluding hydrogens is 124 g/mol. The Morgan fingerprint density at radius 2 is 1.44 bits per heavy atom. The van der Waals surface area contributed by atoms with Gasteiger partial charge in [-0.3, -0.25) is 5.41 Å². The number of carbonyl (C=O) groups is 1. The molecule has 9 heavy (non-hydrogen) atoms. The molecular formula is C2H8N6O. The fourth-order valence-electron chi connectivity index (χ4n) is 0. The van der Waals surface area contributed by atoms with Crippen LogP contribution < -0.4 is 17.2 Å². The average Bonchev–Trinajstić information content (AvgIpc) is 1.65. The molecule has 0 radical (unpaired) electrons. The molecule has 0 aliphatic heterocycles. The lowest BCUT2D eigenvalue weighted by Crippen LogP contribution is -2.20. The molecule has 0 aliphatic rings. The van der Waals surface area contributed by atoms with Crippen molar-refractivity contribution in [3.63, 3.8) is 0 Å². The van der Waals surface area contributed by atoms with Crippen LogP contribution in [0.25, 0.3) is 0 Å². The lowest BCUT2D eigenvalue weighted by Gasteiger charge is -1.69. The number of urea groups is 1. The molecule has 0 saturated carbocycles. The van der Waals surface area contributed by atoms with Gasteiger partial charge in [-0.25, -0.2) is 4.79 Å². The maximum Gasteiger partial charge on any atom is 0.356 e. The molecule has 7 nitrogen and oxygen atoms in total. The molecule has 0 heterocycles. The van der Waals surface area contributed by atoms with Crippen LogP contribution in [0.3, 0.4) is 0 Å². The number of hydrogen-bond acceptors (Lipinski definition) is 3. The number of amides is 2. The number of carbonyl (C=O) groups excluding carboxylic acids is 1. The Morgan fingerprint density at radius 1 is 1.33 bits per heavy atom. The monoisotopic (exact) mass is 132 g/mol. The Labute approximate surface area is 51.2 Å². The summed E-state index contributed by atoms with van der Waals surface area (Å²) in [5.41, 5.74) is 19.1. The second-order valence-electron chi connectivity index (χ2n) is 0.905. The van der Waals surface area contributed by atoms with Gasteiger partial charge in [-0.05, 0) is 0 Å². The number of hydrogen-bond donors (Lipinski definition) is 5. The lowest BCUT2D eigenvalue weighted by atomic mass is 11.1. The molecule has 0 aromatic rings. The van der Waals surface area contributed by atoms with Gasteiger partial charge >= 0.3 is 6.03 Å². The number of nitrogens with one attached hydrogen (secondary N) is 2. The fraction of sp³-hybridized carbons (Fsp3) is 0. The van der Waals surface area contributed by atoms with Gasteiger partial charge < -0.3 is 17.2 Å². The number of nitrogens with zero attached hydrogens (tertiary/aromatic N) is 1. The van der Waals surface area contributed by atoms with E-state index in [4.69, 9.17) is 10.9 Å². The third-order valence-corrected chi connectivity index (χ3v) is 0.110. The summed E-state index contributed by atoms with van der Waals surface area (Å²) < 4.78 is 0. The molecule has 0 bridgehead atoms. The molecule has 0 atom stereocenters. The van der Waals surface area contributed by atoms with Gasteiger partial charge in [0.25, 0.3) is 0 Å². The number of primary amides is 1. The van der Waals surface area contributed by atoms with Crippen molar-refractivity contribution < 1.29 is 4.79 Å². The van der Waals surface area contributed by atoms with Crippen LogP contribution in [0.2, 0.25) is 0 Å². The van der Waals surface area contributed by atoms with Crippen molar-refractivity contribution in [2.45, 2.75) is 0 Å². The molecule has 7 heteroatoms. The van der Waals surface area contributed by atoms with Gasteiger partial charge in [0.2, 0.25) is 0 Å². The molecule has 0 rings (SSSR count). The topological polar surface area (TPSA) is 155 Å². The largest absolute Gasteiger partial charge is 0.370 e. The van der Waals surface area contributed by atoms with E-state index < -0.39 is 6.03 Å². The summed E-state index contributed by atoms with van der Waals surface area (Å²) in [6, 6.07) is -0.954. The van der Waals surface area contributed by atoms with Crippen LogP contribution in [0.1, 0.15) is 0 Å². The van der Waals surface area contributed by atoms with E-state index in [0.717, 1.165) is 0 Å². The van der Waals surface area contributed by atoms with Gasteiger partial charge in [-0.2, -0.15) is 5.53 Å². The van der Waals surface area contributed by atoms with Crippen molar-refractivity contribution in [2.24, 2.45) is 22.3 Å². The first-order chi connectivity index (χ1) is 4.00. The summed E-state index contributed by atoms with van der Waals surface area (Å²) in [7, 11) is 0. The zero-order chi connectivity index (χ0) is 7.86. The Morgan fingerprint density at radius 3 is 1.44 bits per heavy atom. The van der Waals surface area contributed by atoms with Crippen molar-refractivity contribution in [3.8, 4) is 0 Å². The highest BCUT2D eigenvalue weighted by Gasteiger charge is 1.73. The van der Waals surface area contributed by atoms with E-state index in [1.54, 1.807) is 0 Å². The predicted molar refractivity (Wildman–Crippen MR) is 30.8 cm³/mol. The van der Waals surface area contributed by atoms with Crippen LogP contribution in [0.5, 0.6) is 0 Å². The quantitative estimate of drug-likeness (QED) is 0.162. The van der Waals surface area contributed by atoms with Crippen molar-refractivity contribution >= 4 is 12.0 Å². The highest BCUT2D eigenvalue weighted by Crippen LogP contribution is 1.55. The van der Waals surface area contributed by atoms with Crippen LogP contribution in [0, 0.1) is 10.9 Å². The van der Waals surface area contributed by atoms with Crippen LogP contribution in [0.15, 0.2) is 5.11 Å². The minimum atomic E-state index is -0.954. The predicted octanol–water partition coefficient (Wildman–Crippen LogP) is -1.07. The first kappa shape index (κ1) is 10.3. The fourth-order valence-corrected chi connectivity index (χ4v) is 0. The molecule has 0 aliphatic carbocycles. The summed E-state index contributed by atoms with van der Waals surface area (Å²) in [4.78, 5) is 9.24. The van der Waals surface area contributed by atoms with Crippen molar-refractivity contribution in [1.82, 2.24) is 0 Å². The summed E-state index contributed by atoms with van der Waals surface area (Å²) in [5.74, 6) is -0.333. The molecule has 0 saturated heterocycles. The number of guanidine groups is 1. The van der Waals surface area contributed by atoms with E-state index in [-0.39, 0.29) is 5.96 Å². The van der Waals surface area contributed by atoms with Crippen LogP contribution in [0.4, 0.5) is 4.79 Å². The summed E-state index contributed by atoms with van der Waals surface area (Å²) >= 11 is 0. The van der Waals surface area contributed by atoms with Gasteiger partial charge in [0, 0.05) is 0 Å². The smallest absolute Gasteiger partial charge is 0.356 e. The van der Waals surface area contributed by atoms with E-state index in [9.17, 15) is 4.79 Å². The minimum Gasteiger partial charge on any atom is -0.370 e. The van der Waals surface area contributed by atoms with Gasteiger partial charge in [-0.15, -0.1) is 0 Å². The van der Waals surface area contributed by atoms with E-state index in [1.165, 1.54) is 0 Å². The summed E-state index contributed by atoms with van der Waals surface area (Å²) in [6.07, 6.45) is 0. The minimum absolute atomic E-state index is 0.333. The zero-order valence-corrected chi connectivity index (χ0v) is 4.59. The Kier molecular flexibility index (Phi) is 7.29. The summed E-state index contributed by atoms with van der Waals surface area (Å²) in [5, 5.41) is 8.33. The Bertz CT molecular complexity index is 114. The van der Waals surface area contributed by atoms with E-state index >= 15 is 0 Å². The third-order valence-electron chi connectivity index (χ3n) is 0.110. The van der Waals surface area contributed by atoms with Gasteiger partial charge in [-0.1, -0.05) is 5.11 Å². The van der Waals surface area contributed by atoms with Crippen molar-refractivity contribution in [3.05, 3.63) is 0 Å². The van der Waals surface area contributed by atoms with Gasteiger partial charge in [0.1, 0.15) is 0 Å². The molecule has 8 N–H and O–H groups in total. The van der Waals surface area contributed by atoms with E-state index in [2.05, 4.69) is 22.3 Å². The lowest BCUT2D eigenvalue weighted by molar-refractivity contribution is 0.255. The number of nitrogens with two attached hydrogens (primary N) is 3. The molecule has 0 aromatic heterocycles. The SMILES string of the molecule is N=C(N)N.N=NC(N)=O. The molecule has 0 spiro atoms. The Balaban J connectivity index is 0. The molecule has 0 aromatic carbocycles. The normalized spacial score (nSPS) is 6.22. The molecule has 52 valence electrons. The second kappa shape index (κ2) is 6.34. The van der Waals surface area contributed by atoms with Crippen molar-refractivity contribution in [1.29, 1.82) is 10.9 Å². The first-order valence-electron chi connectivity index (χ1n) is 1.77.